The van der Waals surface area contributed by atoms with Gasteiger partial charge in [-0.1, -0.05) is 11.6 Å². The van der Waals surface area contributed by atoms with E-state index in [0.717, 1.165) is 23.3 Å². The zero-order valence-corrected chi connectivity index (χ0v) is 13.7. The van der Waals surface area contributed by atoms with Crippen molar-refractivity contribution in [3.05, 3.63) is 53.6 Å². The molecule has 1 aromatic heterocycles. The number of hydrogen-bond acceptors (Lipinski definition) is 4. The summed E-state index contributed by atoms with van der Waals surface area (Å²) in [7, 11) is 1.60. The fourth-order valence-corrected chi connectivity index (χ4v) is 2.47. The van der Waals surface area contributed by atoms with Crippen molar-refractivity contribution in [1.29, 1.82) is 0 Å². The fraction of sp³-hybridized carbons (Fsp3) is 0.167. The largest absolute Gasteiger partial charge is 0.497 e. The lowest BCUT2D eigenvalue weighted by atomic mass is 10.2. The molecule has 118 valence electrons. The van der Waals surface area contributed by atoms with Gasteiger partial charge in [-0.2, -0.15) is 0 Å². The van der Waals surface area contributed by atoms with Crippen LogP contribution >= 0.6 is 11.6 Å². The highest BCUT2D eigenvalue weighted by Crippen LogP contribution is 2.33. The van der Waals surface area contributed by atoms with Gasteiger partial charge in [0.2, 0.25) is 0 Å². The molecule has 0 aliphatic rings. The molecule has 0 spiro atoms. The van der Waals surface area contributed by atoms with Crippen molar-refractivity contribution >= 4 is 28.3 Å². The van der Waals surface area contributed by atoms with Gasteiger partial charge in [0.05, 0.1) is 17.6 Å². The van der Waals surface area contributed by atoms with E-state index < -0.39 is 0 Å². The molecule has 5 heteroatoms. The summed E-state index contributed by atoms with van der Waals surface area (Å²) in [5.74, 6) is 2.86. The molecule has 0 radical (unpaired) electrons. The van der Waals surface area contributed by atoms with E-state index in [4.69, 9.17) is 21.1 Å². The monoisotopic (exact) mass is 328 g/mol. The molecule has 23 heavy (non-hydrogen) atoms. The molecule has 0 aliphatic heterocycles. The molecule has 1 heterocycles. The van der Waals surface area contributed by atoms with Crippen LogP contribution in [0.1, 0.15) is 6.92 Å². The summed E-state index contributed by atoms with van der Waals surface area (Å²) >= 11 is 6.21. The number of benzene rings is 2. The molecule has 3 rings (SSSR count). The summed E-state index contributed by atoms with van der Waals surface area (Å²) < 4.78 is 11.0. The average Bonchev–Trinajstić information content (AvgIpc) is 2.57. The Labute approximate surface area is 140 Å². The molecule has 0 bridgehead atoms. The molecule has 3 aromatic rings. The first-order chi connectivity index (χ1) is 11.2. The van der Waals surface area contributed by atoms with Crippen molar-refractivity contribution in [1.82, 2.24) is 4.98 Å². The average molecular weight is 329 g/mol. The number of methoxy groups -OCH3 is 1. The van der Waals surface area contributed by atoms with Gasteiger partial charge < -0.3 is 14.8 Å². The summed E-state index contributed by atoms with van der Waals surface area (Å²) in [4.78, 5) is 4.54. The highest BCUT2D eigenvalue weighted by Gasteiger charge is 2.06. The number of pyridine rings is 1. The van der Waals surface area contributed by atoms with Crippen LogP contribution in [-0.4, -0.2) is 18.6 Å². The Morgan fingerprint density at radius 2 is 1.87 bits per heavy atom. The van der Waals surface area contributed by atoms with E-state index >= 15 is 0 Å². The zero-order chi connectivity index (χ0) is 16.2. The van der Waals surface area contributed by atoms with Gasteiger partial charge in [-0.05, 0) is 49.4 Å². The maximum atomic E-state index is 6.21. The topological polar surface area (TPSA) is 43.4 Å². The van der Waals surface area contributed by atoms with Crippen molar-refractivity contribution in [3.63, 3.8) is 0 Å². The van der Waals surface area contributed by atoms with E-state index in [1.54, 1.807) is 19.2 Å². The summed E-state index contributed by atoms with van der Waals surface area (Å²) in [6, 6.07) is 15.1. The van der Waals surface area contributed by atoms with Gasteiger partial charge in [0, 0.05) is 18.0 Å². The van der Waals surface area contributed by atoms with E-state index in [9.17, 15) is 0 Å². The number of aromatic nitrogens is 1. The molecule has 4 nitrogen and oxygen atoms in total. The van der Waals surface area contributed by atoms with E-state index in [1.165, 1.54) is 0 Å². The molecule has 2 aromatic carbocycles. The first-order valence-electron chi connectivity index (χ1n) is 7.35. The summed E-state index contributed by atoms with van der Waals surface area (Å²) in [6.07, 6.45) is 0. The maximum Gasteiger partial charge on any atom is 0.146 e. The number of hydrogen-bond donors (Lipinski definition) is 1. The second-order valence-electron chi connectivity index (χ2n) is 4.98. The van der Waals surface area contributed by atoms with Crippen LogP contribution in [0.4, 0.5) is 5.82 Å². The van der Waals surface area contributed by atoms with Crippen molar-refractivity contribution in [3.8, 4) is 17.2 Å². The highest BCUT2D eigenvalue weighted by atomic mass is 35.5. The van der Waals surface area contributed by atoms with E-state index in [0.29, 0.717) is 22.3 Å². The van der Waals surface area contributed by atoms with E-state index in [2.05, 4.69) is 10.3 Å². The Morgan fingerprint density at radius 1 is 1.04 bits per heavy atom. The highest BCUT2D eigenvalue weighted by molar-refractivity contribution is 6.32. The molecular weight excluding hydrogens is 312 g/mol. The Balaban J connectivity index is 1.87. The zero-order valence-electron chi connectivity index (χ0n) is 13.0. The van der Waals surface area contributed by atoms with Gasteiger partial charge in [-0.3, -0.25) is 0 Å². The lowest BCUT2D eigenvalue weighted by Gasteiger charge is -2.10. The minimum Gasteiger partial charge on any atom is -0.497 e. The molecule has 0 saturated carbocycles. The van der Waals surface area contributed by atoms with E-state index in [-0.39, 0.29) is 0 Å². The van der Waals surface area contributed by atoms with Crippen molar-refractivity contribution < 1.29 is 9.47 Å². The van der Waals surface area contributed by atoms with Crippen LogP contribution < -0.4 is 14.8 Å². The molecule has 0 unspecified atom stereocenters. The number of halogens is 1. The van der Waals surface area contributed by atoms with Gasteiger partial charge in [0.1, 0.15) is 23.1 Å². The van der Waals surface area contributed by atoms with Crippen LogP contribution in [0.25, 0.3) is 10.9 Å². The first-order valence-corrected chi connectivity index (χ1v) is 7.73. The normalized spacial score (nSPS) is 10.6. The molecular formula is C18H17ClN2O2. The lowest BCUT2D eigenvalue weighted by molar-refractivity contribution is 0.413. The Bertz CT molecular complexity index is 836. The second-order valence-corrected chi connectivity index (χ2v) is 5.39. The van der Waals surface area contributed by atoms with Crippen LogP contribution in [0.15, 0.2) is 48.5 Å². The smallest absolute Gasteiger partial charge is 0.146 e. The van der Waals surface area contributed by atoms with Crippen molar-refractivity contribution in [2.24, 2.45) is 0 Å². The Morgan fingerprint density at radius 3 is 2.61 bits per heavy atom. The second kappa shape index (κ2) is 6.75. The fourth-order valence-electron chi connectivity index (χ4n) is 2.27. The third-order valence-electron chi connectivity index (χ3n) is 3.39. The number of fused-ring (bicyclic) bond motifs is 1. The van der Waals surface area contributed by atoms with Gasteiger partial charge >= 0.3 is 0 Å². The van der Waals surface area contributed by atoms with Gasteiger partial charge in [0.15, 0.2) is 0 Å². The predicted octanol–water partition coefficient (Wildman–Crippen LogP) is 5.12. The molecule has 1 N–H and O–H groups in total. The first kappa shape index (κ1) is 15.4. The molecule has 0 saturated heterocycles. The molecule has 0 atom stereocenters. The van der Waals surface area contributed by atoms with Crippen LogP contribution in [0.2, 0.25) is 5.02 Å². The Hall–Kier alpha value is -2.46. The minimum absolute atomic E-state index is 0.505. The van der Waals surface area contributed by atoms with Gasteiger partial charge in [-0.15, -0.1) is 0 Å². The van der Waals surface area contributed by atoms with Crippen LogP contribution in [0, 0.1) is 0 Å². The standard InChI is InChI=1S/C18H17ClN2O2/c1-3-20-18-9-4-12-10-14(5-7-16(12)21-18)23-17-8-6-13(22-2)11-15(17)19/h4-11H,3H2,1-2H3,(H,20,21). The summed E-state index contributed by atoms with van der Waals surface area (Å²) in [5, 5.41) is 4.71. The minimum atomic E-state index is 0.505. The third-order valence-corrected chi connectivity index (χ3v) is 3.68. The van der Waals surface area contributed by atoms with Crippen LogP contribution in [0.5, 0.6) is 17.2 Å². The maximum absolute atomic E-state index is 6.21. The van der Waals surface area contributed by atoms with Crippen molar-refractivity contribution in [2.75, 3.05) is 19.0 Å². The number of rotatable bonds is 5. The molecule has 0 amide bonds. The van der Waals surface area contributed by atoms with Gasteiger partial charge in [0.25, 0.3) is 0 Å². The van der Waals surface area contributed by atoms with Gasteiger partial charge in [-0.25, -0.2) is 4.98 Å². The quantitative estimate of drug-likeness (QED) is 0.706. The summed E-state index contributed by atoms with van der Waals surface area (Å²) in [5.41, 5.74) is 0.914. The molecule has 0 aliphatic carbocycles. The third kappa shape index (κ3) is 3.48. The number of nitrogens with one attached hydrogen (secondary N) is 1. The lowest BCUT2D eigenvalue weighted by Crippen LogP contribution is -1.98. The van der Waals surface area contributed by atoms with Crippen molar-refractivity contribution in [2.45, 2.75) is 6.92 Å². The number of ether oxygens (including phenoxy) is 2. The van der Waals surface area contributed by atoms with Crippen LogP contribution in [-0.2, 0) is 0 Å². The van der Waals surface area contributed by atoms with Crippen LogP contribution in [0.3, 0.4) is 0 Å². The molecule has 0 fully saturated rings. The number of anilines is 1. The predicted molar refractivity (Wildman–Crippen MR) is 94.0 cm³/mol. The Kier molecular flexibility index (Phi) is 4.53. The van der Waals surface area contributed by atoms with E-state index in [1.807, 2.05) is 43.3 Å². The summed E-state index contributed by atoms with van der Waals surface area (Å²) in [6.45, 7) is 2.89. The SMILES string of the molecule is CCNc1ccc2cc(Oc3ccc(OC)cc3Cl)ccc2n1. The number of nitrogens with zero attached hydrogens (tertiary/aromatic N) is 1.